The molecule has 1 heterocycles. The number of halogens is 3. The maximum atomic E-state index is 12.2. The Balaban J connectivity index is 1.44. The topological polar surface area (TPSA) is 83.1 Å². The molecule has 1 aromatic heterocycles. The summed E-state index contributed by atoms with van der Waals surface area (Å²) in [6, 6.07) is 11.8. The Labute approximate surface area is 156 Å². The lowest BCUT2D eigenvalue weighted by atomic mass is 10.1. The van der Waals surface area contributed by atoms with Crippen molar-refractivity contribution in [2.24, 2.45) is 0 Å². The summed E-state index contributed by atoms with van der Waals surface area (Å²) >= 11 is 0. The van der Waals surface area contributed by atoms with Gasteiger partial charge in [-0.15, -0.1) is 13.2 Å². The van der Waals surface area contributed by atoms with E-state index in [2.05, 4.69) is 14.8 Å². The van der Waals surface area contributed by atoms with Crippen LogP contribution in [0.4, 0.5) is 18.9 Å². The second-order valence-corrected chi connectivity index (χ2v) is 6.39. The minimum Gasteiger partial charge on any atom is -0.406 e. The van der Waals surface area contributed by atoms with Crippen molar-refractivity contribution in [2.75, 3.05) is 0 Å². The first-order valence-electron chi connectivity index (χ1n) is 8.32. The fraction of sp³-hybridized carbons (Fsp3) is 0.222. The van der Waals surface area contributed by atoms with Crippen LogP contribution in [-0.2, 0) is 0 Å². The molecular weight excluding hydrogens is 377 g/mol. The van der Waals surface area contributed by atoms with Crippen molar-refractivity contribution in [1.82, 2.24) is 14.8 Å². The van der Waals surface area contributed by atoms with Gasteiger partial charge in [0.05, 0.1) is 10.6 Å². The zero-order valence-electron chi connectivity index (χ0n) is 14.2. The van der Waals surface area contributed by atoms with E-state index < -0.39 is 11.3 Å². The maximum Gasteiger partial charge on any atom is 0.573 e. The van der Waals surface area contributed by atoms with Crippen LogP contribution in [0.5, 0.6) is 5.75 Å². The molecule has 3 aromatic rings. The Bertz CT molecular complexity index is 1000. The summed E-state index contributed by atoms with van der Waals surface area (Å²) in [6.45, 7) is 0. The number of rotatable bonds is 5. The number of alkyl halides is 3. The van der Waals surface area contributed by atoms with Gasteiger partial charge in [-0.1, -0.05) is 12.1 Å². The highest BCUT2D eigenvalue weighted by Crippen LogP contribution is 2.53. The summed E-state index contributed by atoms with van der Waals surface area (Å²) < 4.78 is 42.0. The summed E-state index contributed by atoms with van der Waals surface area (Å²) in [6.07, 6.45) is -2.40. The van der Waals surface area contributed by atoms with Crippen LogP contribution in [-0.4, -0.2) is 26.1 Å². The van der Waals surface area contributed by atoms with Crippen LogP contribution in [0.3, 0.4) is 0 Å². The summed E-state index contributed by atoms with van der Waals surface area (Å²) in [7, 11) is 0. The molecule has 7 nitrogen and oxygen atoms in total. The zero-order valence-corrected chi connectivity index (χ0v) is 14.2. The molecule has 1 aliphatic carbocycles. The molecule has 144 valence electrons. The molecule has 1 saturated carbocycles. The van der Waals surface area contributed by atoms with Crippen molar-refractivity contribution < 1.29 is 22.8 Å². The molecule has 0 amide bonds. The number of benzene rings is 2. The van der Waals surface area contributed by atoms with Gasteiger partial charge in [0.1, 0.15) is 12.1 Å². The molecule has 0 radical (unpaired) electrons. The molecule has 2 aromatic carbocycles. The number of hydrogen-bond acceptors (Lipinski definition) is 5. The Hall–Kier alpha value is -3.43. The van der Waals surface area contributed by atoms with E-state index >= 15 is 0 Å². The van der Waals surface area contributed by atoms with E-state index in [1.54, 1.807) is 12.1 Å². The molecule has 2 unspecified atom stereocenters. The van der Waals surface area contributed by atoms with Crippen LogP contribution in [0.15, 0.2) is 54.9 Å². The van der Waals surface area contributed by atoms with Gasteiger partial charge >= 0.3 is 6.36 Å². The second kappa shape index (κ2) is 6.63. The lowest BCUT2D eigenvalue weighted by molar-refractivity contribution is -0.384. The number of aromatic nitrogens is 3. The number of nitro benzene ring substituents is 1. The highest BCUT2D eigenvalue weighted by Gasteiger charge is 2.42. The van der Waals surface area contributed by atoms with E-state index in [0.717, 1.165) is 12.0 Å². The lowest BCUT2D eigenvalue weighted by Gasteiger charge is -2.09. The van der Waals surface area contributed by atoms with Crippen LogP contribution >= 0.6 is 0 Å². The average Bonchev–Trinajstić information content (AvgIpc) is 3.30. The van der Waals surface area contributed by atoms with Crippen molar-refractivity contribution in [1.29, 1.82) is 0 Å². The Morgan fingerprint density at radius 1 is 1.07 bits per heavy atom. The molecule has 2 atom stereocenters. The average molecular weight is 390 g/mol. The van der Waals surface area contributed by atoms with E-state index in [4.69, 9.17) is 0 Å². The molecule has 0 spiro atoms. The van der Waals surface area contributed by atoms with Crippen molar-refractivity contribution in [3.63, 3.8) is 0 Å². The largest absolute Gasteiger partial charge is 0.573 e. The third-order valence-electron chi connectivity index (χ3n) is 4.50. The van der Waals surface area contributed by atoms with Gasteiger partial charge in [0.15, 0.2) is 5.82 Å². The van der Waals surface area contributed by atoms with E-state index in [1.165, 1.54) is 47.4 Å². The van der Waals surface area contributed by atoms with Gasteiger partial charge in [0.25, 0.3) is 5.69 Å². The summed E-state index contributed by atoms with van der Waals surface area (Å²) in [5, 5.41) is 15.1. The maximum absolute atomic E-state index is 12.2. The number of nitrogens with zero attached hydrogens (tertiary/aromatic N) is 4. The molecule has 0 N–H and O–H groups in total. The normalized spacial score (nSPS) is 18.7. The van der Waals surface area contributed by atoms with Crippen LogP contribution in [0, 0.1) is 10.1 Å². The third-order valence-corrected chi connectivity index (χ3v) is 4.50. The Kier molecular flexibility index (Phi) is 4.25. The SMILES string of the molecule is O=[N+]([O-])c1ccc(C2CC2c2ncn(-c3ccc(OC(F)(F)F)cc3)n2)cc1. The van der Waals surface area contributed by atoms with Gasteiger partial charge in [-0.25, -0.2) is 9.67 Å². The number of hydrogen-bond donors (Lipinski definition) is 0. The molecule has 10 heteroatoms. The molecule has 0 bridgehead atoms. The molecule has 0 saturated heterocycles. The van der Waals surface area contributed by atoms with Gasteiger partial charge in [-0.2, -0.15) is 5.10 Å². The Morgan fingerprint density at radius 2 is 1.75 bits per heavy atom. The molecular formula is C18H13F3N4O3. The first-order valence-corrected chi connectivity index (χ1v) is 8.32. The van der Waals surface area contributed by atoms with E-state index in [9.17, 15) is 23.3 Å². The predicted octanol–water partition coefficient (Wildman–Crippen LogP) is 4.35. The van der Waals surface area contributed by atoms with Crippen LogP contribution in [0.1, 0.15) is 29.6 Å². The smallest absolute Gasteiger partial charge is 0.406 e. The number of non-ortho nitro benzene ring substituents is 1. The quantitative estimate of drug-likeness (QED) is 0.478. The number of ether oxygens (including phenoxy) is 1. The first kappa shape index (κ1) is 18.0. The Morgan fingerprint density at radius 3 is 2.36 bits per heavy atom. The highest BCUT2D eigenvalue weighted by molar-refractivity contribution is 5.39. The first-order chi connectivity index (χ1) is 13.3. The predicted molar refractivity (Wildman–Crippen MR) is 91.2 cm³/mol. The van der Waals surface area contributed by atoms with Crippen molar-refractivity contribution in [3.05, 3.63) is 76.4 Å². The summed E-state index contributed by atoms with van der Waals surface area (Å²) in [5.74, 6) is 0.616. The monoisotopic (exact) mass is 390 g/mol. The second-order valence-electron chi connectivity index (χ2n) is 6.39. The fourth-order valence-electron chi connectivity index (χ4n) is 3.06. The summed E-state index contributed by atoms with van der Waals surface area (Å²) in [4.78, 5) is 14.6. The van der Waals surface area contributed by atoms with Gasteiger partial charge in [0.2, 0.25) is 0 Å². The standard InChI is InChI=1S/C18H13F3N4O3/c19-18(20,21)28-14-7-5-12(6-8-14)24-10-22-17(23-24)16-9-15(16)11-1-3-13(4-2-11)25(26)27/h1-8,10,15-16H,9H2. The van der Waals surface area contributed by atoms with Gasteiger partial charge < -0.3 is 4.74 Å². The van der Waals surface area contributed by atoms with Gasteiger partial charge in [-0.3, -0.25) is 10.1 Å². The van der Waals surface area contributed by atoms with Crippen LogP contribution in [0.25, 0.3) is 5.69 Å². The van der Waals surface area contributed by atoms with E-state index in [0.29, 0.717) is 11.5 Å². The van der Waals surface area contributed by atoms with Crippen molar-refractivity contribution >= 4 is 5.69 Å². The summed E-state index contributed by atoms with van der Waals surface area (Å²) in [5.41, 5.74) is 1.59. The molecule has 4 rings (SSSR count). The minimum atomic E-state index is -4.74. The van der Waals surface area contributed by atoms with Crippen LogP contribution in [0.2, 0.25) is 0 Å². The molecule has 1 fully saturated rings. The van der Waals surface area contributed by atoms with Crippen molar-refractivity contribution in [3.8, 4) is 11.4 Å². The fourth-order valence-corrected chi connectivity index (χ4v) is 3.06. The van der Waals surface area contributed by atoms with E-state index in [-0.39, 0.29) is 23.3 Å². The minimum absolute atomic E-state index is 0.0429. The van der Waals surface area contributed by atoms with Crippen molar-refractivity contribution in [2.45, 2.75) is 24.6 Å². The lowest BCUT2D eigenvalue weighted by Crippen LogP contribution is -2.17. The number of nitro groups is 1. The molecule has 0 aliphatic heterocycles. The zero-order chi connectivity index (χ0) is 19.9. The van der Waals surface area contributed by atoms with Gasteiger partial charge in [-0.05, 0) is 42.2 Å². The molecule has 1 aliphatic rings. The third kappa shape index (κ3) is 3.80. The molecule has 28 heavy (non-hydrogen) atoms. The van der Waals surface area contributed by atoms with E-state index in [1.807, 2.05) is 0 Å². The van der Waals surface area contributed by atoms with Gasteiger partial charge in [0, 0.05) is 18.1 Å². The van der Waals surface area contributed by atoms with Crippen LogP contribution < -0.4 is 4.74 Å². The highest BCUT2D eigenvalue weighted by atomic mass is 19.4.